The maximum atomic E-state index is 12.7. The maximum absolute atomic E-state index is 12.7. The largest absolute Gasteiger partial charge is 0.356 e. The van der Waals surface area contributed by atoms with E-state index in [2.05, 4.69) is 19.9 Å². The third-order valence-electron chi connectivity index (χ3n) is 5.03. The fourth-order valence-corrected chi connectivity index (χ4v) is 5.00. The number of nitrogens with zero attached hydrogens (tertiary/aromatic N) is 5. The van der Waals surface area contributed by atoms with Gasteiger partial charge in [0.1, 0.15) is 16.4 Å². The molecule has 2 saturated heterocycles. The van der Waals surface area contributed by atoms with Gasteiger partial charge >= 0.3 is 0 Å². The summed E-state index contributed by atoms with van der Waals surface area (Å²) in [5.41, 5.74) is 0.306. The van der Waals surface area contributed by atoms with Crippen LogP contribution in [0.2, 0.25) is 0 Å². The summed E-state index contributed by atoms with van der Waals surface area (Å²) in [6.45, 7) is 3.49. The zero-order valence-electron chi connectivity index (χ0n) is 14.9. The van der Waals surface area contributed by atoms with Crippen LogP contribution < -0.4 is 4.90 Å². The number of nitrogens with one attached hydrogen (secondary N) is 1. The molecule has 1 N–H and O–H groups in total. The molecular weight excluding hydrogens is 368 g/mol. The van der Waals surface area contributed by atoms with Gasteiger partial charge in [-0.2, -0.15) is 4.31 Å². The number of piperazine rings is 1. The molecule has 1 amide bonds. The Bertz CT molecular complexity index is 900. The number of H-pyrrole nitrogens is 1. The molecule has 0 saturated carbocycles. The number of rotatable bonds is 4. The summed E-state index contributed by atoms with van der Waals surface area (Å²) in [6, 6.07) is 1.45. The van der Waals surface area contributed by atoms with E-state index in [1.807, 2.05) is 0 Å². The van der Waals surface area contributed by atoms with Gasteiger partial charge in [0.2, 0.25) is 10.0 Å². The van der Waals surface area contributed by atoms with Crippen LogP contribution in [0.5, 0.6) is 0 Å². The van der Waals surface area contributed by atoms with Crippen molar-refractivity contribution in [1.29, 1.82) is 0 Å². The lowest BCUT2D eigenvalue weighted by Gasteiger charge is -2.35. The highest BCUT2D eigenvalue weighted by Crippen LogP contribution is 2.22. The number of carbonyl (C=O) groups excluding carboxylic acids is 1. The molecular formula is C17H22N6O3S. The maximum Gasteiger partial charge on any atom is 0.270 e. The molecule has 9 nitrogen and oxygen atoms in total. The molecule has 0 bridgehead atoms. The molecule has 27 heavy (non-hydrogen) atoms. The van der Waals surface area contributed by atoms with Gasteiger partial charge in [0.05, 0.1) is 6.20 Å². The van der Waals surface area contributed by atoms with Crippen molar-refractivity contribution in [3.05, 3.63) is 36.5 Å². The van der Waals surface area contributed by atoms with Crippen LogP contribution in [0.15, 0.2) is 35.7 Å². The van der Waals surface area contributed by atoms with E-state index in [1.54, 1.807) is 23.5 Å². The van der Waals surface area contributed by atoms with Gasteiger partial charge in [-0.3, -0.25) is 9.78 Å². The molecule has 0 radical (unpaired) electrons. The number of aromatic nitrogens is 3. The number of aromatic amines is 1. The number of carbonyl (C=O) groups is 1. The Morgan fingerprint density at radius 1 is 1.04 bits per heavy atom. The number of hydrogen-bond acceptors (Lipinski definition) is 6. The second-order valence-corrected chi connectivity index (χ2v) is 8.64. The molecule has 4 heterocycles. The summed E-state index contributed by atoms with van der Waals surface area (Å²) in [5.74, 6) is 0.611. The molecule has 2 aliphatic heterocycles. The second-order valence-electron chi connectivity index (χ2n) is 6.70. The van der Waals surface area contributed by atoms with Crippen LogP contribution in [0.3, 0.4) is 0 Å². The first-order chi connectivity index (χ1) is 13.1. The van der Waals surface area contributed by atoms with Gasteiger partial charge in [0, 0.05) is 57.9 Å². The van der Waals surface area contributed by atoms with Crippen molar-refractivity contribution >= 4 is 21.7 Å². The van der Waals surface area contributed by atoms with Gasteiger partial charge < -0.3 is 14.8 Å². The highest BCUT2D eigenvalue weighted by molar-refractivity contribution is 7.89. The van der Waals surface area contributed by atoms with E-state index >= 15 is 0 Å². The average Bonchev–Trinajstić information content (AvgIpc) is 3.41. The van der Waals surface area contributed by atoms with Gasteiger partial charge in [-0.15, -0.1) is 0 Å². The van der Waals surface area contributed by atoms with Crippen molar-refractivity contribution in [2.45, 2.75) is 17.7 Å². The molecule has 144 valence electrons. The molecule has 2 fully saturated rings. The van der Waals surface area contributed by atoms with Gasteiger partial charge in [0.25, 0.3) is 5.91 Å². The summed E-state index contributed by atoms with van der Waals surface area (Å²) in [6.07, 6.45) is 8.15. The normalized spacial score (nSPS) is 18.8. The van der Waals surface area contributed by atoms with Crippen LogP contribution in [0.25, 0.3) is 0 Å². The molecule has 2 aromatic rings. The predicted molar refractivity (Wildman–Crippen MR) is 98.9 cm³/mol. The lowest BCUT2D eigenvalue weighted by atomic mass is 10.3. The average molecular weight is 390 g/mol. The lowest BCUT2D eigenvalue weighted by molar-refractivity contribution is 0.0741. The van der Waals surface area contributed by atoms with E-state index in [0.29, 0.717) is 45.0 Å². The minimum atomic E-state index is -3.52. The molecule has 4 rings (SSSR count). The van der Waals surface area contributed by atoms with Crippen molar-refractivity contribution in [3.63, 3.8) is 0 Å². The minimum absolute atomic E-state index is 0.158. The molecule has 0 unspecified atom stereocenters. The molecule has 0 aliphatic carbocycles. The summed E-state index contributed by atoms with van der Waals surface area (Å²) in [5, 5.41) is 0. The second kappa shape index (κ2) is 7.28. The van der Waals surface area contributed by atoms with Crippen LogP contribution >= 0.6 is 0 Å². The first-order valence-corrected chi connectivity index (χ1v) is 10.5. The Hall–Kier alpha value is -2.46. The van der Waals surface area contributed by atoms with Crippen LogP contribution in [0.1, 0.15) is 23.3 Å². The molecule has 10 heteroatoms. The third kappa shape index (κ3) is 3.54. The smallest absolute Gasteiger partial charge is 0.270 e. The first kappa shape index (κ1) is 17.9. The Labute approximate surface area is 158 Å². The number of sulfonamides is 1. The number of hydrogen-bond donors (Lipinski definition) is 1. The number of amides is 1. The van der Waals surface area contributed by atoms with Crippen molar-refractivity contribution in [2.24, 2.45) is 0 Å². The topological polar surface area (TPSA) is 102 Å². The molecule has 2 aromatic heterocycles. The number of anilines is 1. The van der Waals surface area contributed by atoms with Gasteiger partial charge in [-0.1, -0.05) is 0 Å². The molecule has 0 atom stereocenters. The summed E-state index contributed by atoms with van der Waals surface area (Å²) < 4.78 is 26.7. The van der Waals surface area contributed by atoms with E-state index < -0.39 is 10.0 Å². The Balaban J connectivity index is 1.42. The zero-order valence-corrected chi connectivity index (χ0v) is 15.7. The quantitative estimate of drug-likeness (QED) is 0.818. The SMILES string of the molecule is O=C(c1cc(S(=O)(=O)N2CCCC2)c[nH]1)N1CCN(c2cnccn2)CC1. The van der Waals surface area contributed by atoms with E-state index in [4.69, 9.17) is 0 Å². The molecule has 2 aliphatic rings. The third-order valence-corrected chi connectivity index (χ3v) is 6.91. The summed E-state index contributed by atoms with van der Waals surface area (Å²) >= 11 is 0. The van der Waals surface area contributed by atoms with Gasteiger partial charge in [0.15, 0.2) is 0 Å². The minimum Gasteiger partial charge on any atom is -0.356 e. The van der Waals surface area contributed by atoms with E-state index in [1.165, 1.54) is 16.6 Å². The summed E-state index contributed by atoms with van der Waals surface area (Å²) in [4.78, 5) is 27.9. The Kier molecular flexibility index (Phi) is 4.83. The van der Waals surface area contributed by atoms with Crippen LogP contribution in [-0.4, -0.2) is 77.8 Å². The first-order valence-electron chi connectivity index (χ1n) is 9.04. The predicted octanol–water partition coefficient (Wildman–Crippen LogP) is 0.552. The lowest BCUT2D eigenvalue weighted by Crippen LogP contribution is -2.49. The van der Waals surface area contributed by atoms with Crippen molar-refractivity contribution in [2.75, 3.05) is 44.2 Å². The monoisotopic (exact) mass is 390 g/mol. The van der Waals surface area contributed by atoms with Crippen LogP contribution in [0, 0.1) is 0 Å². The standard InChI is InChI=1S/C17H22N6O3S/c24-17(22-9-7-21(8-10-22)16-13-18-3-4-19-16)15-11-14(12-20-15)27(25,26)23-5-1-2-6-23/h3-4,11-13,20H,1-2,5-10H2. The summed E-state index contributed by atoms with van der Waals surface area (Å²) in [7, 11) is -3.52. The highest BCUT2D eigenvalue weighted by Gasteiger charge is 2.30. The van der Waals surface area contributed by atoms with E-state index in [-0.39, 0.29) is 10.8 Å². The molecule has 0 aromatic carbocycles. The fraction of sp³-hybridized carbons (Fsp3) is 0.471. The van der Waals surface area contributed by atoms with Crippen LogP contribution in [0.4, 0.5) is 5.82 Å². The van der Waals surface area contributed by atoms with E-state index in [0.717, 1.165) is 18.7 Å². The van der Waals surface area contributed by atoms with Crippen molar-refractivity contribution in [3.8, 4) is 0 Å². The van der Waals surface area contributed by atoms with Gasteiger partial charge in [-0.05, 0) is 18.9 Å². The highest BCUT2D eigenvalue weighted by atomic mass is 32.2. The van der Waals surface area contributed by atoms with Crippen LogP contribution in [-0.2, 0) is 10.0 Å². The van der Waals surface area contributed by atoms with Crippen molar-refractivity contribution < 1.29 is 13.2 Å². The Morgan fingerprint density at radius 2 is 1.78 bits per heavy atom. The Morgan fingerprint density at radius 3 is 2.44 bits per heavy atom. The zero-order chi connectivity index (χ0) is 18.9. The fourth-order valence-electron chi connectivity index (χ4n) is 3.49. The van der Waals surface area contributed by atoms with Gasteiger partial charge in [-0.25, -0.2) is 13.4 Å². The van der Waals surface area contributed by atoms with E-state index in [9.17, 15) is 13.2 Å². The van der Waals surface area contributed by atoms with Crippen molar-refractivity contribution in [1.82, 2.24) is 24.2 Å². The molecule has 0 spiro atoms.